The number of aromatic amines is 1. The van der Waals surface area contributed by atoms with Crippen LogP contribution in [-0.4, -0.2) is 70.2 Å². The number of nitrogens with one attached hydrogen (secondary N) is 1. The lowest BCUT2D eigenvalue weighted by molar-refractivity contribution is -0.154. The highest BCUT2D eigenvalue weighted by atomic mass is 35.5. The number of aliphatic imine (C=N–C) groups is 1. The zero-order valence-electron chi connectivity index (χ0n) is 34.6. The van der Waals surface area contributed by atoms with Crippen LogP contribution in [0.3, 0.4) is 0 Å². The van der Waals surface area contributed by atoms with E-state index >= 15 is 0 Å². The number of carbonyl (C=O) groups is 2. The fourth-order valence-corrected chi connectivity index (χ4v) is 5.02. The molecule has 0 saturated carbocycles. The van der Waals surface area contributed by atoms with Crippen molar-refractivity contribution in [2.75, 3.05) is 38.8 Å². The lowest BCUT2D eigenvalue weighted by atomic mass is 10.4. The lowest BCUT2D eigenvalue weighted by Gasteiger charge is -2.06. The number of pyridine rings is 1. The number of nitrogens with two attached hydrogens (primary N) is 2. The summed E-state index contributed by atoms with van der Waals surface area (Å²) in [7, 11) is 0. The van der Waals surface area contributed by atoms with Gasteiger partial charge in [0.2, 0.25) is 5.43 Å². The minimum absolute atomic E-state index is 0. The fraction of sp³-hybridized carbons (Fsp3) is 0.387. The standard InChI is InChI=1S/C11H15NO3S.C9H9NO2S.C7H13NO3.C4H5NS.B.ClH.7F2.4FH/c1-3-14-10(7-11(13)15-4-2)12-9-5-6-16-8-9;1-2-12-8-5-7(11)9-6(10-8)3-4-13-9;1-3-10-6(8)5-7(9)11-4-2;5-4-1-2-6-3-4;;;7*1-2;;;;/h5-6,8H,3-4,7H2,1-2H3;3-5H,2H2,1H3,(H,10,11);8H,3-5H2,1-2H3;1-3H,5H2;;1H;;;;;;;;4*1H. The monoisotopic (exact) mass is 1090 g/mol. The first-order chi connectivity index (χ1) is 29.2. The molecule has 12 nitrogen and oxygen atoms in total. The molecule has 4 aromatic rings. The second-order valence-electron chi connectivity index (χ2n) is 8.43. The molecule has 393 valence electrons. The van der Waals surface area contributed by atoms with Gasteiger partial charge in [0, 0.05) is 95.0 Å². The molecule has 0 bridgehead atoms. The number of anilines is 1. The van der Waals surface area contributed by atoms with Crippen LogP contribution in [0, 0.1) is 0 Å². The van der Waals surface area contributed by atoms with Gasteiger partial charge in [-0.1, -0.05) is 0 Å². The molecule has 4 rings (SSSR count). The Balaban J connectivity index is -0.0000000470. The number of nitrogen functional groups attached to an aromatic ring is 1. The van der Waals surface area contributed by atoms with Crippen molar-refractivity contribution in [1.82, 2.24) is 4.98 Å². The van der Waals surface area contributed by atoms with Gasteiger partial charge in [-0.15, -0.1) is 11.3 Å². The van der Waals surface area contributed by atoms with Crippen LogP contribution in [-0.2, 0) is 28.5 Å². The molecule has 0 aliphatic carbocycles. The van der Waals surface area contributed by atoms with Gasteiger partial charge in [0.25, 0.3) is 0 Å². The molecule has 35 heteroatoms. The van der Waals surface area contributed by atoms with Crippen molar-refractivity contribution in [2.24, 2.45) is 4.99 Å². The maximum absolute atomic E-state index is 11.4. The van der Waals surface area contributed by atoms with E-state index in [1.54, 1.807) is 43.4 Å². The highest BCUT2D eigenvalue weighted by Gasteiger charge is 2.11. The second-order valence-corrected chi connectivity index (χ2v) is 10.9. The number of aromatic nitrogens is 1. The number of fused-ring (bicyclic) bond motifs is 1. The average Bonchev–Trinajstić information content (AvgIpc) is 4.09. The topological polar surface area (TPSA) is 177 Å². The predicted octanol–water partition coefficient (Wildman–Crippen LogP) is 8.34. The van der Waals surface area contributed by atoms with Gasteiger partial charge in [-0.05, 0) is 69.0 Å². The van der Waals surface area contributed by atoms with Gasteiger partial charge in [0.15, 0.2) is 18.2 Å². The zero-order chi connectivity index (χ0) is 48.2. The van der Waals surface area contributed by atoms with Crippen molar-refractivity contribution < 1.29 is 134 Å². The molecular weight excluding hydrogens is 1040 g/mol. The number of H-pyrrole nitrogens is 1. The SMILES string of the molecule is CCOC(=O)CC(=Nc1ccsc1)OCC.CCOC(=[NH2+])CC(=O)OCC.CCOc1cc(=O)c2sccc2[nH]1.F.F.F.F.FF.FF.FF.FF.FF.FF.FF.Nc1ccsc1.[B].[Cl-]. The molecule has 0 saturated heterocycles. The Labute approximate surface area is 384 Å². The quantitative estimate of drug-likeness (QED) is 0.0438. The molecule has 4 heterocycles. The van der Waals surface area contributed by atoms with Crippen LogP contribution >= 0.6 is 34.0 Å². The Morgan fingerprint density at radius 1 is 0.652 bits per heavy atom. The summed E-state index contributed by atoms with van der Waals surface area (Å²) in [5, 5.41) is 14.9. The van der Waals surface area contributed by atoms with E-state index in [9.17, 15) is 14.4 Å². The van der Waals surface area contributed by atoms with Crippen molar-refractivity contribution in [3.05, 3.63) is 61.4 Å². The summed E-state index contributed by atoms with van der Waals surface area (Å²) < 4.78 is 138. The average molecular weight is 1090 g/mol. The van der Waals surface area contributed by atoms with Crippen LogP contribution in [0.25, 0.3) is 10.2 Å². The first-order valence-electron chi connectivity index (χ1n) is 15.5. The van der Waals surface area contributed by atoms with Crippen LogP contribution in [0.15, 0.2) is 61.0 Å². The summed E-state index contributed by atoms with van der Waals surface area (Å²) in [6.45, 7) is 11.3. The van der Waals surface area contributed by atoms with Crippen molar-refractivity contribution in [3.63, 3.8) is 0 Å². The molecule has 4 aromatic heterocycles. The van der Waals surface area contributed by atoms with Crippen LogP contribution < -0.4 is 33.7 Å². The van der Waals surface area contributed by atoms with Gasteiger partial charge in [-0.2, -0.15) is 22.7 Å². The van der Waals surface area contributed by atoms with Gasteiger partial charge in [0.05, 0.1) is 48.9 Å². The molecule has 0 spiro atoms. The smallest absolute Gasteiger partial charge is 0.344 e. The highest BCUT2D eigenvalue weighted by Crippen LogP contribution is 2.18. The number of hydrogen-bond donors (Lipinski definition) is 3. The summed E-state index contributed by atoms with van der Waals surface area (Å²) in [6, 6.07) is 7.12. The number of rotatable bonds is 11. The summed E-state index contributed by atoms with van der Waals surface area (Å²) >= 11 is 4.61. The normalized spacial score (nSPS) is 7.71. The fourth-order valence-electron chi connectivity index (χ4n) is 3.14. The molecule has 66 heavy (non-hydrogen) atoms. The van der Waals surface area contributed by atoms with E-state index < -0.39 is 0 Å². The Hall–Kier alpha value is -5.12. The van der Waals surface area contributed by atoms with E-state index in [-0.39, 0.29) is 75.7 Å². The number of hydrogen-bond acceptors (Lipinski definition) is 13. The molecule has 5 N–H and O–H groups in total. The zero-order valence-corrected chi connectivity index (χ0v) is 37.8. The Kier molecular flexibility index (Phi) is 116. The second kappa shape index (κ2) is 80.2. The summed E-state index contributed by atoms with van der Waals surface area (Å²) in [4.78, 5) is 40.7. The largest absolute Gasteiger partial charge is 1.00 e. The van der Waals surface area contributed by atoms with Crippen molar-refractivity contribution >= 4 is 87.7 Å². The summed E-state index contributed by atoms with van der Waals surface area (Å²) in [5.41, 5.74) is 7.82. The van der Waals surface area contributed by atoms with Crippen LogP contribution in [0.4, 0.5) is 94.2 Å². The van der Waals surface area contributed by atoms with Crippen molar-refractivity contribution in [3.8, 4) is 5.88 Å². The van der Waals surface area contributed by atoms with E-state index in [1.807, 2.05) is 58.9 Å². The number of halogens is 19. The van der Waals surface area contributed by atoms with Crippen LogP contribution in [0.2, 0.25) is 0 Å². The minimum Gasteiger partial charge on any atom is -1.00 e. The van der Waals surface area contributed by atoms with Gasteiger partial charge in [-0.3, -0.25) is 33.2 Å². The molecule has 3 radical (unpaired) electrons. The first-order valence-corrected chi connectivity index (χ1v) is 18.2. The third-order valence-electron chi connectivity index (χ3n) is 4.88. The van der Waals surface area contributed by atoms with E-state index in [0.29, 0.717) is 44.8 Å². The van der Waals surface area contributed by atoms with E-state index in [4.69, 9.17) is 94.1 Å². The third kappa shape index (κ3) is 58.9. The van der Waals surface area contributed by atoms with Crippen LogP contribution in [0.1, 0.15) is 47.5 Å². The molecule has 0 aliphatic rings. The summed E-state index contributed by atoms with van der Waals surface area (Å²) in [6.07, 6.45) is 0.124. The molecule has 0 unspecified atom stereocenters. The third-order valence-corrected chi connectivity index (χ3v) is 7.18. The summed E-state index contributed by atoms with van der Waals surface area (Å²) in [5.74, 6) is 0.493. The molecule has 0 amide bonds. The number of nitrogens with zero attached hydrogens (tertiary/aromatic N) is 1. The van der Waals surface area contributed by atoms with Gasteiger partial charge < -0.3 is 46.8 Å². The molecule has 0 aromatic carbocycles. The van der Waals surface area contributed by atoms with Gasteiger partial charge >= 0.3 is 17.8 Å². The van der Waals surface area contributed by atoms with Crippen LogP contribution in [0.5, 0.6) is 5.88 Å². The number of esters is 2. The maximum Gasteiger partial charge on any atom is 0.344 e. The molecular formula is C31H47BClF18N4O8S3. The number of ether oxygens (including phenoxy) is 5. The Morgan fingerprint density at radius 2 is 1.09 bits per heavy atom. The van der Waals surface area contributed by atoms with Crippen molar-refractivity contribution in [2.45, 2.75) is 47.5 Å². The lowest BCUT2D eigenvalue weighted by Crippen LogP contribution is -3.00. The molecule has 0 atom stereocenters. The number of thiophene rings is 3. The first kappa shape index (κ1) is 95.2. The molecule has 0 aliphatic heterocycles. The van der Waals surface area contributed by atoms with E-state index in [0.717, 1.165) is 21.6 Å². The predicted molar refractivity (Wildman–Crippen MR) is 218 cm³/mol. The Morgan fingerprint density at radius 3 is 1.45 bits per heavy atom. The maximum atomic E-state index is 11.4. The molecule has 0 fully saturated rings. The van der Waals surface area contributed by atoms with E-state index in [1.165, 1.54) is 17.4 Å². The van der Waals surface area contributed by atoms with Gasteiger partial charge in [-0.25, -0.2) is 10.4 Å². The van der Waals surface area contributed by atoms with E-state index in [2.05, 4.69) is 14.7 Å². The minimum atomic E-state index is -0.349. The Bertz CT molecular complexity index is 1550. The van der Waals surface area contributed by atoms with Gasteiger partial charge in [0.1, 0.15) is 6.42 Å². The highest BCUT2D eigenvalue weighted by molar-refractivity contribution is 7.17. The number of carbonyl (C=O) groups excluding carboxylic acids is 2. The van der Waals surface area contributed by atoms with Crippen molar-refractivity contribution in [1.29, 1.82) is 0 Å².